The van der Waals surface area contributed by atoms with E-state index in [0.717, 1.165) is 35.3 Å². The lowest BCUT2D eigenvalue weighted by Gasteiger charge is -2.25. The van der Waals surface area contributed by atoms with Crippen LogP contribution in [0, 0.1) is 0 Å². The third kappa shape index (κ3) is 3.75. The number of aromatic nitrogens is 4. The number of amides is 1. The van der Waals surface area contributed by atoms with Crippen molar-refractivity contribution in [2.24, 2.45) is 14.1 Å². The summed E-state index contributed by atoms with van der Waals surface area (Å²) in [6.07, 6.45) is 4.47. The molecule has 0 bridgehead atoms. The number of aryl methyl sites for hydroxylation is 2. The molecule has 1 aliphatic rings. The second kappa shape index (κ2) is 8.41. The first-order valence-corrected chi connectivity index (χ1v) is 10.5. The van der Waals surface area contributed by atoms with E-state index in [1.165, 1.54) is 11.6 Å². The molecule has 1 amide bonds. The summed E-state index contributed by atoms with van der Waals surface area (Å²) in [7, 11) is 4.69. The average molecular weight is 425 g/mol. The summed E-state index contributed by atoms with van der Waals surface area (Å²) in [6, 6.07) is 7.98. The molecule has 0 N–H and O–H groups in total. The van der Waals surface area contributed by atoms with Crippen LogP contribution in [0.25, 0.3) is 11.2 Å². The van der Waals surface area contributed by atoms with Crippen LogP contribution in [-0.4, -0.2) is 43.1 Å². The van der Waals surface area contributed by atoms with Crippen molar-refractivity contribution in [2.45, 2.75) is 38.3 Å². The van der Waals surface area contributed by atoms with Crippen LogP contribution < -0.4 is 16.0 Å². The van der Waals surface area contributed by atoms with Crippen molar-refractivity contribution in [1.82, 2.24) is 23.6 Å². The molecule has 0 saturated carbocycles. The van der Waals surface area contributed by atoms with Gasteiger partial charge in [0.2, 0.25) is 5.91 Å². The number of imidazole rings is 1. The molecule has 2 aromatic heterocycles. The van der Waals surface area contributed by atoms with Gasteiger partial charge in [0.05, 0.1) is 19.5 Å². The van der Waals surface area contributed by atoms with Crippen molar-refractivity contribution >= 4 is 17.1 Å². The summed E-state index contributed by atoms with van der Waals surface area (Å²) in [6.45, 7) is 1.24. The van der Waals surface area contributed by atoms with E-state index in [9.17, 15) is 14.4 Å². The number of hydrogen-bond acceptors (Lipinski definition) is 5. The molecule has 3 heterocycles. The fourth-order valence-electron chi connectivity index (χ4n) is 4.35. The predicted molar refractivity (Wildman–Crippen MR) is 116 cm³/mol. The van der Waals surface area contributed by atoms with E-state index in [0.29, 0.717) is 30.6 Å². The normalized spacial score (nSPS) is 16.2. The number of fused-ring (bicyclic) bond motifs is 1. The van der Waals surface area contributed by atoms with Gasteiger partial charge in [-0.3, -0.25) is 18.7 Å². The molecule has 9 nitrogen and oxygen atoms in total. The van der Waals surface area contributed by atoms with Gasteiger partial charge in [-0.2, -0.15) is 0 Å². The molecule has 1 saturated heterocycles. The van der Waals surface area contributed by atoms with E-state index in [1.54, 1.807) is 25.1 Å². The Morgan fingerprint density at radius 2 is 1.90 bits per heavy atom. The highest BCUT2D eigenvalue weighted by Crippen LogP contribution is 2.33. The summed E-state index contributed by atoms with van der Waals surface area (Å²) < 4.78 is 9.40. The lowest BCUT2D eigenvalue weighted by Crippen LogP contribution is -2.37. The monoisotopic (exact) mass is 425 g/mol. The molecular weight excluding hydrogens is 398 g/mol. The molecular formula is C22H27N5O4. The Morgan fingerprint density at radius 3 is 2.61 bits per heavy atom. The van der Waals surface area contributed by atoms with Crippen LogP contribution in [0.2, 0.25) is 0 Å². The highest BCUT2D eigenvalue weighted by Gasteiger charge is 2.29. The quantitative estimate of drug-likeness (QED) is 0.598. The second-order valence-electron chi connectivity index (χ2n) is 7.94. The lowest BCUT2D eigenvalue weighted by atomic mass is 10.0. The van der Waals surface area contributed by atoms with Crippen molar-refractivity contribution in [3.8, 4) is 5.75 Å². The average Bonchev–Trinajstić information content (AvgIpc) is 3.44. The van der Waals surface area contributed by atoms with Gasteiger partial charge in [-0.25, -0.2) is 9.78 Å². The smallest absolute Gasteiger partial charge is 0.332 e. The molecule has 4 rings (SSSR count). The van der Waals surface area contributed by atoms with Gasteiger partial charge >= 0.3 is 5.69 Å². The van der Waals surface area contributed by atoms with Crippen molar-refractivity contribution in [2.75, 3.05) is 13.7 Å². The largest absolute Gasteiger partial charge is 0.497 e. The molecule has 1 aromatic carbocycles. The zero-order chi connectivity index (χ0) is 22.1. The number of carbonyl (C=O) groups excluding carboxylic acids is 1. The van der Waals surface area contributed by atoms with Gasteiger partial charge in [-0.1, -0.05) is 12.1 Å². The minimum atomic E-state index is -0.406. The summed E-state index contributed by atoms with van der Waals surface area (Å²) in [5, 5.41) is 0. The molecule has 31 heavy (non-hydrogen) atoms. The molecule has 0 unspecified atom stereocenters. The zero-order valence-electron chi connectivity index (χ0n) is 18.1. The van der Waals surface area contributed by atoms with E-state index in [-0.39, 0.29) is 17.5 Å². The molecule has 9 heteroatoms. The van der Waals surface area contributed by atoms with E-state index < -0.39 is 5.69 Å². The van der Waals surface area contributed by atoms with Gasteiger partial charge in [0.1, 0.15) is 5.75 Å². The highest BCUT2D eigenvalue weighted by atomic mass is 16.5. The fraction of sp³-hybridized carbons (Fsp3) is 0.455. The van der Waals surface area contributed by atoms with Gasteiger partial charge in [0.15, 0.2) is 11.2 Å². The van der Waals surface area contributed by atoms with E-state index >= 15 is 0 Å². The van der Waals surface area contributed by atoms with Crippen LogP contribution >= 0.6 is 0 Å². The molecule has 164 valence electrons. The Morgan fingerprint density at radius 1 is 1.16 bits per heavy atom. The molecule has 0 radical (unpaired) electrons. The Bertz CT molecular complexity index is 1220. The molecule has 0 aliphatic carbocycles. The van der Waals surface area contributed by atoms with Crippen LogP contribution in [0.5, 0.6) is 5.75 Å². The van der Waals surface area contributed by atoms with E-state index in [1.807, 2.05) is 29.2 Å². The number of likely N-dealkylation sites (tertiary alicyclic amines) is 1. The zero-order valence-corrected chi connectivity index (χ0v) is 18.1. The van der Waals surface area contributed by atoms with Gasteiger partial charge in [0, 0.05) is 33.6 Å². The molecule has 1 atom stereocenters. The van der Waals surface area contributed by atoms with Gasteiger partial charge < -0.3 is 14.2 Å². The molecule has 0 spiro atoms. The van der Waals surface area contributed by atoms with E-state index in [2.05, 4.69) is 4.98 Å². The van der Waals surface area contributed by atoms with Crippen LogP contribution in [0.3, 0.4) is 0 Å². The number of carbonyl (C=O) groups is 1. The van der Waals surface area contributed by atoms with Crippen molar-refractivity contribution in [3.05, 3.63) is 57.0 Å². The minimum absolute atomic E-state index is 0.0919. The first kappa shape index (κ1) is 20.9. The number of rotatable bonds is 6. The van der Waals surface area contributed by atoms with E-state index in [4.69, 9.17) is 4.74 Å². The van der Waals surface area contributed by atoms with Gasteiger partial charge in [-0.05, 0) is 37.0 Å². The third-order valence-corrected chi connectivity index (χ3v) is 6.08. The maximum Gasteiger partial charge on any atom is 0.332 e. The summed E-state index contributed by atoms with van der Waals surface area (Å²) in [4.78, 5) is 43.7. The first-order valence-electron chi connectivity index (χ1n) is 10.5. The molecule has 1 aliphatic heterocycles. The summed E-state index contributed by atoms with van der Waals surface area (Å²) in [5.41, 5.74) is 1.09. The van der Waals surface area contributed by atoms with Crippen LogP contribution in [0.1, 0.15) is 37.3 Å². The number of benzene rings is 1. The SMILES string of the molecule is COc1ccc([C@H]2CCCN2C(=O)CCCn2cnc3c2c(=O)n(C)c(=O)n3C)cc1. The van der Waals surface area contributed by atoms with Crippen molar-refractivity contribution < 1.29 is 9.53 Å². The number of hydrogen-bond donors (Lipinski definition) is 0. The fourth-order valence-corrected chi connectivity index (χ4v) is 4.35. The van der Waals surface area contributed by atoms with Crippen molar-refractivity contribution in [1.29, 1.82) is 0 Å². The number of nitrogens with zero attached hydrogens (tertiary/aromatic N) is 5. The second-order valence-corrected chi connectivity index (χ2v) is 7.94. The number of methoxy groups -OCH3 is 1. The Balaban J connectivity index is 1.44. The standard InChI is InChI=1S/C22H27N5O4/c1-24-20-19(21(29)25(2)22(24)30)26(14-23-20)12-5-7-18(28)27-13-4-6-17(27)15-8-10-16(31-3)11-9-15/h8-11,14,17H,4-7,12-13H2,1-3H3/t17-/m1/s1. The number of ether oxygens (including phenoxy) is 1. The minimum Gasteiger partial charge on any atom is -0.497 e. The molecule has 1 fully saturated rings. The predicted octanol–water partition coefficient (Wildman–Crippen LogP) is 1.59. The van der Waals surface area contributed by atoms with Crippen LogP contribution in [0.4, 0.5) is 0 Å². The summed E-state index contributed by atoms with van der Waals surface area (Å²) >= 11 is 0. The third-order valence-electron chi connectivity index (χ3n) is 6.08. The van der Waals surface area contributed by atoms with Gasteiger partial charge in [0.25, 0.3) is 5.56 Å². The summed E-state index contributed by atoms with van der Waals surface area (Å²) in [5.74, 6) is 0.916. The lowest BCUT2D eigenvalue weighted by molar-refractivity contribution is -0.132. The first-order chi connectivity index (χ1) is 14.9. The van der Waals surface area contributed by atoms with Crippen LogP contribution in [-0.2, 0) is 25.4 Å². The topological polar surface area (TPSA) is 91.4 Å². The highest BCUT2D eigenvalue weighted by molar-refractivity contribution is 5.77. The Labute approximate surface area is 179 Å². The maximum absolute atomic E-state index is 12.9. The Hall–Kier alpha value is -3.36. The van der Waals surface area contributed by atoms with Gasteiger partial charge in [-0.15, -0.1) is 0 Å². The van der Waals surface area contributed by atoms with Crippen molar-refractivity contribution in [3.63, 3.8) is 0 Å². The molecule has 3 aromatic rings. The maximum atomic E-state index is 12.9. The van der Waals surface area contributed by atoms with Crippen LogP contribution in [0.15, 0.2) is 40.2 Å². The Kier molecular flexibility index (Phi) is 5.67.